The Hall–Kier alpha value is -3.59. The quantitative estimate of drug-likeness (QED) is 0.352. The average Bonchev–Trinajstić information content (AvgIpc) is 2.83. The Labute approximate surface area is 239 Å². The first-order valence-corrected chi connectivity index (χ1v) is 14.7. The minimum Gasteiger partial charge on any atom is -0.380 e. The van der Waals surface area contributed by atoms with Gasteiger partial charge >= 0.3 is 0 Å². The fourth-order valence-corrected chi connectivity index (χ4v) is 7.22. The number of nitrogens with one attached hydrogen (secondary N) is 2. The van der Waals surface area contributed by atoms with E-state index in [2.05, 4.69) is 140 Å². The minimum absolute atomic E-state index is 0.0554. The number of anilines is 2. The van der Waals surface area contributed by atoms with Gasteiger partial charge in [0.2, 0.25) is 0 Å². The van der Waals surface area contributed by atoms with Crippen LogP contribution in [0.3, 0.4) is 0 Å². The van der Waals surface area contributed by atoms with Gasteiger partial charge in [0.25, 0.3) is 0 Å². The molecule has 0 radical (unpaired) electrons. The number of nitrogens with zero attached hydrogens (tertiary/aromatic N) is 1. The lowest BCUT2D eigenvalue weighted by Gasteiger charge is -2.38. The summed E-state index contributed by atoms with van der Waals surface area (Å²) in [6.45, 7) is 20.2. The minimum atomic E-state index is -0.177. The molecule has 0 spiro atoms. The van der Waals surface area contributed by atoms with E-state index in [0.29, 0.717) is 5.92 Å². The van der Waals surface area contributed by atoms with E-state index < -0.39 is 0 Å². The molecule has 0 aliphatic carbocycles. The molecule has 0 amide bonds. The first kappa shape index (κ1) is 26.6. The summed E-state index contributed by atoms with van der Waals surface area (Å²) in [6, 6.07) is 20.8. The van der Waals surface area contributed by atoms with Gasteiger partial charge in [0, 0.05) is 28.0 Å². The molecule has 40 heavy (non-hydrogen) atoms. The van der Waals surface area contributed by atoms with E-state index in [-0.39, 0.29) is 16.6 Å². The predicted octanol–water partition coefficient (Wildman–Crippen LogP) is 8.05. The maximum atomic E-state index is 5.03. The lowest BCUT2D eigenvalue weighted by atomic mass is 9.80. The summed E-state index contributed by atoms with van der Waals surface area (Å²) in [5, 5.41) is 9.79. The van der Waals surface area contributed by atoms with E-state index in [4.69, 9.17) is 4.99 Å². The highest BCUT2D eigenvalue weighted by Gasteiger charge is 2.30. The van der Waals surface area contributed by atoms with Gasteiger partial charge in [-0.05, 0) is 143 Å². The summed E-state index contributed by atoms with van der Waals surface area (Å²) < 4.78 is 0. The third-order valence-electron chi connectivity index (χ3n) is 8.62. The molecule has 0 saturated carbocycles. The zero-order valence-corrected chi connectivity index (χ0v) is 25.6. The van der Waals surface area contributed by atoms with E-state index in [1.54, 1.807) is 0 Å². The van der Waals surface area contributed by atoms with Crippen molar-refractivity contribution in [2.75, 3.05) is 10.6 Å². The van der Waals surface area contributed by atoms with Crippen LogP contribution < -0.4 is 21.2 Å². The van der Waals surface area contributed by atoms with Crippen LogP contribution in [0, 0.1) is 0 Å². The molecule has 6 rings (SSSR count). The maximum absolute atomic E-state index is 5.03. The van der Waals surface area contributed by atoms with Crippen molar-refractivity contribution in [2.45, 2.75) is 91.3 Å². The van der Waals surface area contributed by atoms with E-state index in [0.717, 1.165) is 11.8 Å². The molecule has 3 aliphatic rings. The molecular formula is C37H43N3. The average molecular weight is 530 g/mol. The molecule has 3 aliphatic heterocycles. The number of hydrogen-bond donors (Lipinski definition) is 2. The van der Waals surface area contributed by atoms with Crippen LogP contribution in [0.1, 0.15) is 102 Å². The Balaban J connectivity index is 1.61. The molecule has 3 heterocycles. The number of benzene rings is 3. The Morgan fingerprint density at radius 2 is 1.43 bits per heavy atom. The summed E-state index contributed by atoms with van der Waals surface area (Å²) in [4.78, 5) is 5.03. The topological polar surface area (TPSA) is 36.4 Å². The van der Waals surface area contributed by atoms with Crippen LogP contribution in [0.25, 0.3) is 16.7 Å². The van der Waals surface area contributed by atoms with Gasteiger partial charge in [-0.2, -0.15) is 0 Å². The van der Waals surface area contributed by atoms with Crippen molar-refractivity contribution in [2.24, 2.45) is 4.99 Å². The Morgan fingerprint density at radius 1 is 0.750 bits per heavy atom. The SMILES string of the molecule is CC1=CC(C)(C)Nc2ccc(C(c3ccc4c(c3)C(C)CC(C)(C)N4)=c3ccc4c(c3)C(C)=CC(C)(C)N=4)cc21. The van der Waals surface area contributed by atoms with Crippen molar-refractivity contribution in [3.05, 3.63) is 105 Å². The van der Waals surface area contributed by atoms with Gasteiger partial charge in [0.15, 0.2) is 0 Å². The lowest BCUT2D eigenvalue weighted by Crippen LogP contribution is -2.36. The first-order valence-electron chi connectivity index (χ1n) is 14.7. The molecule has 3 aromatic carbocycles. The predicted molar refractivity (Wildman–Crippen MR) is 172 cm³/mol. The highest BCUT2D eigenvalue weighted by Crippen LogP contribution is 2.41. The van der Waals surface area contributed by atoms with Crippen molar-refractivity contribution in [1.82, 2.24) is 0 Å². The van der Waals surface area contributed by atoms with Crippen molar-refractivity contribution >= 4 is 28.1 Å². The Morgan fingerprint density at radius 3 is 2.17 bits per heavy atom. The van der Waals surface area contributed by atoms with Gasteiger partial charge in [-0.15, -0.1) is 0 Å². The zero-order valence-electron chi connectivity index (χ0n) is 25.6. The summed E-state index contributed by atoms with van der Waals surface area (Å²) in [6.07, 6.45) is 5.74. The fraction of sp³-hybridized carbons (Fsp3) is 0.378. The van der Waals surface area contributed by atoms with Crippen molar-refractivity contribution in [1.29, 1.82) is 0 Å². The molecule has 0 fully saturated rings. The van der Waals surface area contributed by atoms with Crippen molar-refractivity contribution < 1.29 is 0 Å². The van der Waals surface area contributed by atoms with Gasteiger partial charge in [-0.3, -0.25) is 4.99 Å². The number of rotatable bonds is 2. The summed E-state index contributed by atoms with van der Waals surface area (Å²) in [5.41, 5.74) is 12.6. The van der Waals surface area contributed by atoms with Crippen molar-refractivity contribution in [3.63, 3.8) is 0 Å². The molecule has 0 bridgehead atoms. The van der Waals surface area contributed by atoms with Crippen LogP contribution in [-0.4, -0.2) is 16.6 Å². The number of fused-ring (bicyclic) bond motifs is 3. The van der Waals surface area contributed by atoms with Crippen LogP contribution in [-0.2, 0) is 0 Å². The van der Waals surface area contributed by atoms with Crippen molar-refractivity contribution in [3.8, 4) is 0 Å². The molecule has 1 atom stereocenters. The third kappa shape index (κ3) is 4.80. The molecule has 206 valence electrons. The van der Waals surface area contributed by atoms with Crippen LogP contribution in [0.5, 0.6) is 0 Å². The first-order chi connectivity index (χ1) is 18.7. The fourth-order valence-electron chi connectivity index (χ4n) is 7.22. The van der Waals surface area contributed by atoms with Gasteiger partial charge in [-0.25, -0.2) is 0 Å². The molecule has 2 N–H and O–H groups in total. The summed E-state index contributed by atoms with van der Waals surface area (Å²) >= 11 is 0. The molecular weight excluding hydrogens is 486 g/mol. The van der Waals surface area contributed by atoms with E-state index in [1.165, 1.54) is 61.1 Å². The second-order valence-electron chi connectivity index (χ2n) is 14.1. The Kier molecular flexibility index (Phi) is 5.96. The standard InChI is InChI=1S/C37H43N3/c1-22-19-35(4,5)38-31-13-10-25(16-28(22)31)34(26-11-14-32-29(17-26)23(2)20-36(6,7)39-32)27-12-15-33-30(18-27)24(3)21-37(8,9)40-33/h10-20,24,38,40H,21H2,1-9H3. The van der Waals surface area contributed by atoms with E-state index >= 15 is 0 Å². The Bertz CT molecular complexity index is 1730. The molecule has 0 aromatic heterocycles. The highest BCUT2D eigenvalue weighted by molar-refractivity contribution is 5.87. The van der Waals surface area contributed by atoms with Crippen LogP contribution in [0.2, 0.25) is 0 Å². The second-order valence-corrected chi connectivity index (χ2v) is 14.1. The maximum Gasteiger partial charge on any atom is 0.0744 e. The molecule has 3 heteroatoms. The zero-order chi connectivity index (χ0) is 28.6. The number of hydrogen-bond acceptors (Lipinski definition) is 3. The molecule has 0 saturated heterocycles. The molecule has 3 aromatic rings. The van der Waals surface area contributed by atoms with Crippen LogP contribution in [0.4, 0.5) is 11.4 Å². The van der Waals surface area contributed by atoms with Crippen LogP contribution >= 0.6 is 0 Å². The monoisotopic (exact) mass is 529 g/mol. The van der Waals surface area contributed by atoms with Gasteiger partial charge in [-0.1, -0.05) is 37.3 Å². The van der Waals surface area contributed by atoms with Gasteiger partial charge in [0.1, 0.15) is 0 Å². The lowest BCUT2D eigenvalue weighted by molar-refractivity contribution is 0.454. The number of allylic oxidation sites excluding steroid dienone is 2. The van der Waals surface area contributed by atoms with E-state index in [9.17, 15) is 0 Å². The summed E-state index contributed by atoms with van der Waals surface area (Å²) in [5.74, 6) is 0.488. The second kappa shape index (κ2) is 8.96. The molecule has 3 nitrogen and oxygen atoms in total. The molecule has 1 unspecified atom stereocenters. The van der Waals surface area contributed by atoms with Gasteiger partial charge < -0.3 is 10.6 Å². The summed E-state index contributed by atoms with van der Waals surface area (Å²) in [7, 11) is 0. The smallest absolute Gasteiger partial charge is 0.0744 e. The van der Waals surface area contributed by atoms with Crippen LogP contribution in [0.15, 0.2) is 71.7 Å². The van der Waals surface area contributed by atoms with Gasteiger partial charge in [0.05, 0.1) is 16.4 Å². The van der Waals surface area contributed by atoms with E-state index in [1.807, 2.05) is 0 Å². The normalized spacial score (nSPS) is 22.2. The highest BCUT2D eigenvalue weighted by atomic mass is 15.0. The largest absolute Gasteiger partial charge is 0.380 e. The third-order valence-corrected chi connectivity index (χ3v) is 8.62.